The second-order valence-electron chi connectivity index (χ2n) is 6.79. The van der Waals surface area contributed by atoms with Gasteiger partial charge >= 0.3 is 0 Å². The highest BCUT2D eigenvalue weighted by Crippen LogP contribution is 2.34. The van der Waals surface area contributed by atoms with Gasteiger partial charge in [-0.25, -0.2) is 0 Å². The van der Waals surface area contributed by atoms with Crippen LogP contribution >= 0.6 is 0 Å². The summed E-state index contributed by atoms with van der Waals surface area (Å²) in [7, 11) is 0. The first kappa shape index (κ1) is 13.4. The van der Waals surface area contributed by atoms with Crippen molar-refractivity contribution in [2.24, 2.45) is 5.41 Å². The monoisotopic (exact) mass is 238 g/mol. The molecular formula is C15H30N2. The maximum Gasteiger partial charge on any atom is 0.00674 e. The van der Waals surface area contributed by atoms with Crippen LogP contribution in [0.15, 0.2) is 0 Å². The Hall–Kier alpha value is -0.0800. The average molecular weight is 238 g/mol. The Bertz CT molecular complexity index is 209. The molecule has 1 N–H and O–H groups in total. The molecule has 2 nitrogen and oxygen atoms in total. The topological polar surface area (TPSA) is 15.3 Å². The zero-order valence-electron chi connectivity index (χ0n) is 11.8. The third-order valence-corrected chi connectivity index (χ3v) is 4.62. The van der Waals surface area contributed by atoms with Crippen LogP contribution in [0.2, 0.25) is 0 Å². The zero-order chi connectivity index (χ0) is 12.1. The molecule has 2 fully saturated rings. The molecule has 100 valence electrons. The lowest BCUT2D eigenvalue weighted by molar-refractivity contribution is 0.205. The van der Waals surface area contributed by atoms with Gasteiger partial charge in [0.15, 0.2) is 0 Å². The van der Waals surface area contributed by atoms with Crippen molar-refractivity contribution >= 4 is 0 Å². The molecule has 0 amide bonds. The highest BCUT2D eigenvalue weighted by atomic mass is 15.1. The van der Waals surface area contributed by atoms with Gasteiger partial charge in [0.2, 0.25) is 0 Å². The number of nitrogens with one attached hydrogen (secondary N) is 1. The van der Waals surface area contributed by atoms with Crippen molar-refractivity contribution in [2.75, 3.05) is 26.2 Å². The van der Waals surface area contributed by atoms with E-state index in [0.717, 1.165) is 6.04 Å². The number of hydrogen-bond donors (Lipinski definition) is 1. The Morgan fingerprint density at radius 1 is 1.12 bits per heavy atom. The molecule has 1 heterocycles. The van der Waals surface area contributed by atoms with Gasteiger partial charge in [-0.1, -0.05) is 13.8 Å². The Labute approximate surface area is 107 Å². The van der Waals surface area contributed by atoms with E-state index in [9.17, 15) is 0 Å². The molecule has 2 aliphatic rings. The molecule has 2 rings (SSSR count). The molecule has 17 heavy (non-hydrogen) atoms. The highest BCUT2D eigenvalue weighted by molar-refractivity contribution is 4.82. The van der Waals surface area contributed by atoms with Crippen LogP contribution in [0.5, 0.6) is 0 Å². The fraction of sp³-hybridized carbons (Fsp3) is 1.00. The van der Waals surface area contributed by atoms with Crippen LogP contribution in [0, 0.1) is 5.41 Å². The molecule has 0 aromatic heterocycles. The second kappa shape index (κ2) is 6.19. The molecule has 1 aliphatic carbocycles. The van der Waals surface area contributed by atoms with Crippen molar-refractivity contribution in [2.45, 2.75) is 64.8 Å². The molecular weight excluding hydrogens is 208 g/mol. The maximum atomic E-state index is 3.76. The van der Waals surface area contributed by atoms with E-state index in [4.69, 9.17) is 0 Å². The Kier molecular flexibility index (Phi) is 4.87. The van der Waals surface area contributed by atoms with E-state index >= 15 is 0 Å². The quantitative estimate of drug-likeness (QED) is 0.741. The molecule has 0 spiro atoms. The minimum Gasteiger partial charge on any atom is -0.314 e. The summed E-state index contributed by atoms with van der Waals surface area (Å²) in [4.78, 5) is 2.62. The first-order chi connectivity index (χ1) is 8.16. The smallest absolute Gasteiger partial charge is 0.00674 e. The van der Waals surface area contributed by atoms with E-state index < -0.39 is 0 Å². The van der Waals surface area contributed by atoms with E-state index in [1.165, 1.54) is 71.1 Å². The third kappa shape index (κ3) is 4.59. The van der Waals surface area contributed by atoms with E-state index in [2.05, 4.69) is 24.1 Å². The summed E-state index contributed by atoms with van der Waals surface area (Å²) < 4.78 is 0. The van der Waals surface area contributed by atoms with Gasteiger partial charge in [0, 0.05) is 6.04 Å². The zero-order valence-corrected chi connectivity index (χ0v) is 11.8. The van der Waals surface area contributed by atoms with Crippen LogP contribution in [0.4, 0.5) is 0 Å². The van der Waals surface area contributed by atoms with Gasteiger partial charge in [-0.15, -0.1) is 0 Å². The number of hydrogen-bond acceptors (Lipinski definition) is 2. The SMILES string of the molecule is CC1(C)CCC(NCCCN2CCCC2)CC1. The first-order valence-electron chi connectivity index (χ1n) is 7.61. The summed E-state index contributed by atoms with van der Waals surface area (Å²) in [5.74, 6) is 0. The summed E-state index contributed by atoms with van der Waals surface area (Å²) in [6, 6.07) is 0.807. The number of rotatable bonds is 5. The van der Waals surface area contributed by atoms with Gasteiger partial charge in [-0.05, 0) is 76.5 Å². The molecule has 2 heteroatoms. The lowest BCUT2D eigenvalue weighted by Gasteiger charge is -2.34. The molecule has 0 bridgehead atoms. The third-order valence-electron chi connectivity index (χ3n) is 4.62. The highest BCUT2D eigenvalue weighted by Gasteiger charge is 2.26. The summed E-state index contributed by atoms with van der Waals surface area (Å²) in [6.45, 7) is 10.1. The van der Waals surface area contributed by atoms with Gasteiger partial charge in [0.1, 0.15) is 0 Å². The fourth-order valence-electron chi connectivity index (χ4n) is 3.22. The lowest BCUT2D eigenvalue weighted by Crippen LogP contribution is -2.37. The van der Waals surface area contributed by atoms with Crippen LogP contribution in [-0.4, -0.2) is 37.1 Å². The van der Waals surface area contributed by atoms with Crippen molar-refractivity contribution in [3.63, 3.8) is 0 Å². The minimum atomic E-state index is 0.605. The van der Waals surface area contributed by atoms with Crippen molar-refractivity contribution in [3.8, 4) is 0 Å². The number of likely N-dealkylation sites (tertiary alicyclic amines) is 1. The summed E-state index contributed by atoms with van der Waals surface area (Å²) in [6.07, 6.45) is 9.75. The van der Waals surface area contributed by atoms with Crippen molar-refractivity contribution in [1.82, 2.24) is 10.2 Å². The predicted octanol–water partition coefficient (Wildman–Crippen LogP) is 3.03. The lowest BCUT2D eigenvalue weighted by atomic mass is 9.75. The summed E-state index contributed by atoms with van der Waals surface area (Å²) >= 11 is 0. The standard InChI is InChI=1S/C15H30N2/c1-15(2)8-6-14(7-9-15)16-10-5-13-17-11-3-4-12-17/h14,16H,3-13H2,1-2H3. The fourth-order valence-corrected chi connectivity index (χ4v) is 3.22. The predicted molar refractivity (Wildman–Crippen MR) is 74.3 cm³/mol. The van der Waals surface area contributed by atoms with Gasteiger partial charge in [0.25, 0.3) is 0 Å². The molecule has 0 radical (unpaired) electrons. The van der Waals surface area contributed by atoms with Crippen LogP contribution < -0.4 is 5.32 Å². The number of nitrogens with zero attached hydrogens (tertiary/aromatic N) is 1. The van der Waals surface area contributed by atoms with Crippen molar-refractivity contribution < 1.29 is 0 Å². The Morgan fingerprint density at radius 2 is 1.76 bits per heavy atom. The molecule has 0 aromatic rings. The molecule has 0 atom stereocenters. The van der Waals surface area contributed by atoms with E-state index in [1.54, 1.807) is 0 Å². The largest absolute Gasteiger partial charge is 0.314 e. The maximum absolute atomic E-state index is 3.76. The normalized spacial score (nSPS) is 26.5. The van der Waals surface area contributed by atoms with Crippen molar-refractivity contribution in [3.05, 3.63) is 0 Å². The van der Waals surface area contributed by atoms with Crippen LogP contribution in [0.25, 0.3) is 0 Å². The summed E-state index contributed by atoms with van der Waals surface area (Å²) in [5.41, 5.74) is 0.605. The van der Waals surface area contributed by atoms with E-state index in [0.29, 0.717) is 5.41 Å². The Balaban J connectivity index is 1.51. The average Bonchev–Trinajstić information content (AvgIpc) is 2.79. The van der Waals surface area contributed by atoms with Crippen molar-refractivity contribution in [1.29, 1.82) is 0 Å². The van der Waals surface area contributed by atoms with Gasteiger partial charge in [0.05, 0.1) is 0 Å². The van der Waals surface area contributed by atoms with E-state index in [1.807, 2.05) is 0 Å². The second-order valence-corrected chi connectivity index (χ2v) is 6.79. The van der Waals surface area contributed by atoms with Gasteiger partial charge in [-0.3, -0.25) is 0 Å². The molecule has 1 saturated carbocycles. The minimum absolute atomic E-state index is 0.605. The molecule has 1 saturated heterocycles. The molecule has 0 unspecified atom stereocenters. The Morgan fingerprint density at radius 3 is 2.41 bits per heavy atom. The van der Waals surface area contributed by atoms with E-state index in [-0.39, 0.29) is 0 Å². The van der Waals surface area contributed by atoms with Gasteiger partial charge < -0.3 is 10.2 Å². The van der Waals surface area contributed by atoms with Gasteiger partial charge in [-0.2, -0.15) is 0 Å². The summed E-state index contributed by atoms with van der Waals surface area (Å²) in [5, 5.41) is 3.76. The van der Waals surface area contributed by atoms with Crippen LogP contribution in [0.3, 0.4) is 0 Å². The molecule has 1 aliphatic heterocycles. The van der Waals surface area contributed by atoms with Crippen LogP contribution in [-0.2, 0) is 0 Å². The first-order valence-corrected chi connectivity index (χ1v) is 7.61. The molecule has 0 aromatic carbocycles. The van der Waals surface area contributed by atoms with Crippen LogP contribution in [0.1, 0.15) is 58.8 Å².